The third-order valence-electron chi connectivity index (χ3n) is 10.8. The molecule has 0 radical (unpaired) electrons. The van der Waals surface area contributed by atoms with Crippen molar-refractivity contribution in [3.63, 3.8) is 0 Å². The van der Waals surface area contributed by atoms with Crippen LogP contribution in [0.15, 0.2) is 0 Å². The molecule has 0 heterocycles. The largest absolute Gasteiger partial charge is 0.481 e. The quantitative estimate of drug-likeness (QED) is 0.0335. The zero-order valence-corrected chi connectivity index (χ0v) is 42.0. The number of esters is 2. The standard InChI is InChI=1S/C45H69F17O14/c1-3-33(35(64)65)31-34(30-32(2)36(66)76-29-12-38(46,47)39(48,49)40(50,51)41(52,53)42(54,55)43(56,57)44(58,59)45(60,61)62)37(67)75-28-11-27-74-26-10-25-73-24-9-23-72-22-8-21-71-20-7-19-70-18-6-17-69-16-5-15-68-14-4-13-63/h32-34,63H,3-31H2,1-2H3,(H,64,65). The zero-order valence-electron chi connectivity index (χ0n) is 42.0. The number of carbonyl (C=O) groups is 3. The molecule has 2 N–H and O–H groups in total. The predicted molar refractivity (Wildman–Crippen MR) is 230 cm³/mol. The van der Waals surface area contributed by atoms with Crippen LogP contribution in [0.25, 0.3) is 0 Å². The molecule has 0 aliphatic rings. The molecule has 31 heteroatoms. The molecule has 0 spiro atoms. The van der Waals surface area contributed by atoms with Crippen LogP contribution < -0.4 is 0 Å². The van der Waals surface area contributed by atoms with Crippen LogP contribution in [0, 0.1) is 17.8 Å². The summed E-state index contributed by atoms with van der Waals surface area (Å²) in [5.74, 6) is -66.3. The molecule has 14 nitrogen and oxygen atoms in total. The maximum absolute atomic E-state index is 14.3. The Labute approximate surface area is 428 Å². The fraction of sp³-hybridized carbons (Fsp3) is 0.933. The van der Waals surface area contributed by atoms with Gasteiger partial charge in [0, 0.05) is 106 Å². The van der Waals surface area contributed by atoms with Gasteiger partial charge in [-0.25, -0.2) is 0 Å². The average Bonchev–Trinajstić information content (AvgIpc) is 3.33. The van der Waals surface area contributed by atoms with E-state index in [1.807, 2.05) is 0 Å². The van der Waals surface area contributed by atoms with Crippen LogP contribution in [-0.2, 0) is 57.0 Å². The minimum Gasteiger partial charge on any atom is -0.481 e. The molecule has 0 bridgehead atoms. The number of carbonyl (C=O) groups excluding carboxylic acids is 2. The summed E-state index contributed by atoms with van der Waals surface area (Å²) in [7, 11) is 0. The summed E-state index contributed by atoms with van der Waals surface area (Å²) in [6, 6.07) is 0. The first kappa shape index (κ1) is 72.9. The number of rotatable bonds is 48. The van der Waals surface area contributed by atoms with E-state index in [0.717, 1.165) is 26.2 Å². The number of aliphatic hydroxyl groups excluding tert-OH is 1. The van der Waals surface area contributed by atoms with Crippen molar-refractivity contribution in [3.8, 4) is 0 Å². The Bertz CT molecular complexity index is 1600. The molecule has 0 aliphatic carbocycles. The second-order valence-electron chi connectivity index (χ2n) is 17.1. The lowest BCUT2D eigenvalue weighted by atomic mass is 9.86. The normalized spacial score (nSPS) is 14.7. The summed E-state index contributed by atoms with van der Waals surface area (Å²) in [5.41, 5.74) is 0. The van der Waals surface area contributed by atoms with Gasteiger partial charge < -0.3 is 52.8 Å². The first-order chi connectivity index (χ1) is 35.3. The minimum absolute atomic E-state index is 0.0662. The van der Waals surface area contributed by atoms with E-state index in [9.17, 15) is 94.1 Å². The Kier molecular flexibility index (Phi) is 34.1. The number of carboxylic acid groups (broad SMARTS) is 1. The minimum atomic E-state index is -8.78. The zero-order chi connectivity index (χ0) is 58.3. The van der Waals surface area contributed by atoms with E-state index in [1.54, 1.807) is 0 Å². The molecule has 0 fully saturated rings. The number of ether oxygens (including phenoxy) is 9. The number of aliphatic carboxylic acids is 1. The van der Waals surface area contributed by atoms with E-state index in [0.29, 0.717) is 105 Å². The lowest BCUT2D eigenvalue weighted by Crippen LogP contribution is -2.74. The Morgan fingerprint density at radius 3 is 1.01 bits per heavy atom. The topological polar surface area (TPSA) is 175 Å². The molecular formula is C45H69F17O14. The SMILES string of the molecule is CCC(CC(CC(C)C(=O)OCCC(F)(F)C(F)(F)C(F)(F)C(F)(F)C(F)(F)C(F)(F)C(F)(F)C(F)(F)F)C(=O)OCCCOCCCOCCCOCCCOCCCOCCCOCCCOCCCO)C(=O)O. The van der Waals surface area contributed by atoms with Gasteiger partial charge in [0.15, 0.2) is 0 Å². The van der Waals surface area contributed by atoms with Gasteiger partial charge in [-0.2, -0.15) is 74.6 Å². The van der Waals surface area contributed by atoms with Gasteiger partial charge in [0.1, 0.15) is 0 Å². The number of halogens is 17. The Morgan fingerprint density at radius 1 is 0.395 bits per heavy atom. The molecule has 0 rings (SSSR count). The van der Waals surface area contributed by atoms with Crippen LogP contribution in [0.1, 0.15) is 90.9 Å². The number of aliphatic hydroxyl groups is 1. The van der Waals surface area contributed by atoms with Crippen molar-refractivity contribution < 1.29 is 142 Å². The van der Waals surface area contributed by atoms with Crippen molar-refractivity contribution in [2.24, 2.45) is 17.8 Å². The lowest BCUT2D eigenvalue weighted by molar-refractivity contribution is -0.461. The van der Waals surface area contributed by atoms with Gasteiger partial charge in [-0.3, -0.25) is 14.4 Å². The van der Waals surface area contributed by atoms with Crippen molar-refractivity contribution in [1.29, 1.82) is 0 Å². The van der Waals surface area contributed by atoms with Crippen LogP contribution in [0.2, 0.25) is 0 Å². The summed E-state index contributed by atoms with van der Waals surface area (Å²) in [5, 5.41) is 18.2. The summed E-state index contributed by atoms with van der Waals surface area (Å²) >= 11 is 0. The van der Waals surface area contributed by atoms with Gasteiger partial charge in [0.2, 0.25) is 0 Å². The highest BCUT2D eigenvalue weighted by molar-refractivity contribution is 5.77. The van der Waals surface area contributed by atoms with Crippen molar-refractivity contribution in [2.45, 2.75) is 139 Å². The predicted octanol–water partition coefficient (Wildman–Crippen LogP) is 9.84. The number of hydrogen-bond acceptors (Lipinski definition) is 13. The average molecular weight is 1160 g/mol. The molecule has 452 valence electrons. The van der Waals surface area contributed by atoms with Crippen LogP contribution in [0.4, 0.5) is 74.6 Å². The highest BCUT2D eigenvalue weighted by Gasteiger charge is 2.95. The molecule has 3 unspecified atom stereocenters. The molecule has 0 amide bonds. The van der Waals surface area contributed by atoms with E-state index in [4.69, 9.17) is 43.0 Å². The van der Waals surface area contributed by atoms with E-state index in [2.05, 4.69) is 4.74 Å². The van der Waals surface area contributed by atoms with Crippen LogP contribution in [-0.4, -0.2) is 188 Å². The Morgan fingerprint density at radius 2 is 0.697 bits per heavy atom. The van der Waals surface area contributed by atoms with E-state index < -0.39 is 109 Å². The lowest BCUT2D eigenvalue weighted by Gasteiger charge is -2.42. The van der Waals surface area contributed by atoms with Gasteiger partial charge in [0.05, 0.1) is 37.4 Å². The Balaban J connectivity index is 4.64. The second kappa shape index (κ2) is 35.5. The fourth-order valence-electron chi connectivity index (χ4n) is 6.28. The number of alkyl halides is 17. The highest BCUT2D eigenvalue weighted by Crippen LogP contribution is 2.64. The molecule has 0 saturated carbocycles. The summed E-state index contributed by atoms with van der Waals surface area (Å²) in [4.78, 5) is 37.1. The van der Waals surface area contributed by atoms with Gasteiger partial charge in [-0.15, -0.1) is 0 Å². The monoisotopic (exact) mass is 1160 g/mol. The Hall–Kier alpha value is -3.10. The third kappa shape index (κ3) is 23.3. The van der Waals surface area contributed by atoms with E-state index >= 15 is 0 Å². The van der Waals surface area contributed by atoms with Gasteiger partial charge in [-0.1, -0.05) is 13.8 Å². The van der Waals surface area contributed by atoms with Gasteiger partial charge >= 0.3 is 65.5 Å². The van der Waals surface area contributed by atoms with Gasteiger partial charge in [-0.05, 0) is 64.2 Å². The first-order valence-electron chi connectivity index (χ1n) is 24.2. The second-order valence-corrected chi connectivity index (χ2v) is 17.1. The summed E-state index contributed by atoms with van der Waals surface area (Å²) < 4.78 is 279. The third-order valence-corrected chi connectivity index (χ3v) is 10.8. The van der Waals surface area contributed by atoms with Gasteiger partial charge in [0.25, 0.3) is 0 Å². The van der Waals surface area contributed by atoms with E-state index in [-0.39, 0.29) is 39.3 Å². The summed E-state index contributed by atoms with van der Waals surface area (Å²) in [6.07, 6.45) is -7.25. The molecule has 0 aromatic heterocycles. The molecule has 76 heavy (non-hydrogen) atoms. The first-order valence-corrected chi connectivity index (χ1v) is 24.2. The maximum atomic E-state index is 14.3. The molecule has 0 aromatic carbocycles. The van der Waals surface area contributed by atoms with E-state index in [1.165, 1.54) is 6.92 Å². The number of hydrogen-bond donors (Lipinski definition) is 2. The molecule has 0 aromatic rings. The van der Waals surface area contributed by atoms with Crippen molar-refractivity contribution >= 4 is 17.9 Å². The smallest absolute Gasteiger partial charge is 0.460 e. The molecule has 0 aliphatic heterocycles. The van der Waals surface area contributed by atoms with Crippen molar-refractivity contribution in [2.75, 3.05) is 112 Å². The highest BCUT2D eigenvalue weighted by atomic mass is 19.4. The fourth-order valence-corrected chi connectivity index (χ4v) is 6.28. The van der Waals surface area contributed by atoms with Crippen molar-refractivity contribution in [3.05, 3.63) is 0 Å². The molecule has 0 saturated heterocycles. The molecule has 3 atom stereocenters. The van der Waals surface area contributed by atoms with Crippen LogP contribution in [0.5, 0.6) is 0 Å². The van der Waals surface area contributed by atoms with Crippen LogP contribution in [0.3, 0.4) is 0 Å². The maximum Gasteiger partial charge on any atom is 0.460 e. The van der Waals surface area contributed by atoms with Crippen molar-refractivity contribution in [1.82, 2.24) is 0 Å². The van der Waals surface area contributed by atoms with Crippen LogP contribution >= 0.6 is 0 Å². The molecular weight excluding hydrogens is 1090 g/mol. The summed E-state index contributed by atoms with van der Waals surface area (Å²) in [6.45, 7) is 6.67. The number of carboxylic acids is 1.